The van der Waals surface area contributed by atoms with Gasteiger partial charge in [0.05, 0.1) is 11.6 Å². The molecule has 5 nitrogen and oxygen atoms in total. The van der Waals surface area contributed by atoms with Crippen LogP contribution in [0.25, 0.3) is 11.1 Å². The van der Waals surface area contributed by atoms with E-state index in [-0.39, 0.29) is 17.7 Å². The molecule has 0 aliphatic carbocycles. The average molecular weight is 425 g/mol. The van der Waals surface area contributed by atoms with E-state index in [0.29, 0.717) is 21.9 Å². The van der Waals surface area contributed by atoms with Gasteiger partial charge in [0.1, 0.15) is 17.1 Å². The number of hydrogen-bond acceptors (Lipinski definition) is 4. The third-order valence-corrected chi connectivity index (χ3v) is 5.07. The number of hydrogen-bond donors (Lipinski definition) is 0. The van der Waals surface area contributed by atoms with Crippen LogP contribution in [-0.4, -0.2) is 17.9 Å². The number of amides is 1. The molecule has 152 valence electrons. The fraction of sp³-hybridized carbons (Fsp3) is 0.130. The van der Waals surface area contributed by atoms with Gasteiger partial charge in [-0.05, 0) is 48.9 Å². The normalized spacial score (nSPS) is 12.0. The molecule has 1 amide bonds. The van der Waals surface area contributed by atoms with E-state index >= 15 is 0 Å². The Morgan fingerprint density at radius 2 is 1.87 bits per heavy atom. The maximum absolute atomic E-state index is 14.0. The van der Waals surface area contributed by atoms with E-state index in [1.54, 1.807) is 74.6 Å². The number of likely N-dealkylation sites (N-methyl/N-ethyl adjacent to an activating group) is 1. The fourth-order valence-electron chi connectivity index (χ4n) is 3.12. The maximum atomic E-state index is 14.0. The molecule has 0 saturated heterocycles. The second-order valence-electron chi connectivity index (χ2n) is 6.83. The minimum atomic E-state index is -0.463. The maximum Gasteiger partial charge on any atom is 0.400 e. The second kappa shape index (κ2) is 8.16. The van der Waals surface area contributed by atoms with Gasteiger partial charge in [0.2, 0.25) is 5.91 Å². The van der Waals surface area contributed by atoms with Crippen LogP contribution >= 0.6 is 11.6 Å². The Hall–Kier alpha value is -3.38. The van der Waals surface area contributed by atoms with Gasteiger partial charge in [-0.1, -0.05) is 35.9 Å². The van der Waals surface area contributed by atoms with Gasteiger partial charge < -0.3 is 14.1 Å². The van der Waals surface area contributed by atoms with Crippen molar-refractivity contribution in [2.45, 2.75) is 12.8 Å². The molecule has 0 aliphatic heterocycles. The number of ether oxygens (including phenoxy) is 1. The van der Waals surface area contributed by atoms with Gasteiger partial charge in [-0.2, -0.15) is 4.98 Å². The highest BCUT2D eigenvalue weighted by molar-refractivity contribution is 6.31. The van der Waals surface area contributed by atoms with Crippen molar-refractivity contribution in [2.24, 2.45) is 0 Å². The van der Waals surface area contributed by atoms with Crippen molar-refractivity contribution in [1.29, 1.82) is 0 Å². The second-order valence-corrected chi connectivity index (χ2v) is 7.27. The van der Waals surface area contributed by atoms with E-state index in [2.05, 4.69) is 4.98 Å². The van der Waals surface area contributed by atoms with Crippen LogP contribution in [0, 0.1) is 5.82 Å². The summed E-state index contributed by atoms with van der Waals surface area (Å²) in [4.78, 5) is 18.4. The number of oxazole rings is 1. The first-order valence-corrected chi connectivity index (χ1v) is 9.66. The molecule has 1 atom stereocenters. The summed E-state index contributed by atoms with van der Waals surface area (Å²) in [7, 11) is 1.56. The van der Waals surface area contributed by atoms with E-state index in [9.17, 15) is 9.18 Å². The highest BCUT2D eigenvalue weighted by Gasteiger charge is 2.22. The number of fused-ring (bicyclic) bond motifs is 1. The molecule has 3 aromatic carbocycles. The summed E-state index contributed by atoms with van der Waals surface area (Å²) in [5.74, 6) is -0.609. The van der Waals surface area contributed by atoms with Crippen LogP contribution < -0.4 is 9.64 Å². The third kappa shape index (κ3) is 4.00. The molecule has 7 heteroatoms. The highest BCUT2D eigenvalue weighted by atomic mass is 35.5. The Balaban J connectivity index is 1.48. The van der Waals surface area contributed by atoms with Crippen molar-refractivity contribution >= 4 is 34.3 Å². The number of aromatic nitrogens is 1. The first-order valence-electron chi connectivity index (χ1n) is 9.28. The summed E-state index contributed by atoms with van der Waals surface area (Å²) >= 11 is 5.95. The van der Waals surface area contributed by atoms with Crippen LogP contribution in [-0.2, 0) is 4.79 Å². The average Bonchev–Trinajstić information content (AvgIpc) is 3.14. The topological polar surface area (TPSA) is 55.6 Å². The molecule has 0 radical (unpaired) electrons. The lowest BCUT2D eigenvalue weighted by molar-refractivity contribution is -0.119. The van der Waals surface area contributed by atoms with Gasteiger partial charge in [0, 0.05) is 18.1 Å². The summed E-state index contributed by atoms with van der Waals surface area (Å²) in [6.45, 7) is 1.78. The molecule has 0 unspecified atom stereocenters. The lowest BCUT2D eigenvalue weighted by Crippen LogP contribution is -2.31. The molecule has 0 N–H and O–H groups in total. The number of anilines is 1. The number of para-hydroxylation sites is 1. The zero-order valence-electron chi connectivity index (χ0n) is 16.3. The molecule has 0 bridgehead atoms. The number of rotatable bonds is 5. The van der Waals surface area contributed by atoms with Crippen LogP contribution in [0.3, 0.4) is 0 Å². The van der Waals surface area contributed by atoms with Gasteiger partial charge in [-0.25, -0.2) is 4.39 Å². The van der Waals surface area contributed by atoms with Crippen molar-refractivity contribution in [3.8, 4) is 11.8 Å². The molecule has 4 rings (SSSR count). The SMILES string of the molecule is C[C@@H](C(=O)N(C)c1ccccc1F)c1ccc(Oc2nc3ccc(Cl)cc3o2)cc1. The first kappa shape index (κ1) is 19.9. The summed E-state index contributed by atoms with van der Waals surface area (Å²) in [6, 6.07) is 18.3. The number of carbonyl (C=O) groups is 1. The largest absolute Gasteiger partial charge is 0.411 e. The quantitative estimate of drug-likeness (QED) is 0.384. The van der Waals surface area contributed by atoms with Gasteiger partial charge >= 0.3 is 6.08 Å². The Labute approximate surface area is 177 Å². The van der Waals surface area contributed by atoms with E-state index < -0.39 is 11.7 Å². The van der Waals surface area contributed by atoms with Crippen molar-refractivity contribution in [1.82, 2.24) is 4.98 Å². The molecule has 30 heavy (non-hydrogen) atoms. The predicted octanol–water partition coefficient (Wildman–Crippen LogP) is 6.18. The van der Waals surface area contributed by atoms with Crippen LogP contribution in [0.15, 0.2) is 71.1 Å². The molecule has 0 spiro atoms. The fourth-order valence-corrected chi connectivity index (χ4v) is 3.28. The van der Waals surface area contributed by atoms with Crippen LogP contribution in [0.1, 0.15) is 18.4 Å². The van der Waals surface area contributed by atoms with Crippen LogP contribution in [0.2, 0.25) is 5.02 Å². The zero-order valence-corrected chi connectivity index (χ0v) is 17.1. The summed E-state index contributed by atoms with van der Waals surface area (Å²) in [5.41, 5.74) is 2.19. The number of benzene rings is 3. The smallest absolute Gasteiger partial charge is 0.400 e. The molecule has 4 aromatic rings. The number of halogens is 2. The molecular weight excluding hydrogens is 407 g/mol. The lowest BCUT2D eigenvalue weighted by Gasteiger charge is -2.22. The highest BCUT2D eigenvalue weighted by Crippen LogP contribution is 2.29. The first-order chi connectivity index (χ1) is 14.4. The number of carbonyl (C=O) groups excluding carboxylic acids is 1. The molecule has 0 aliphatic rings. The van der Waals surface area contributed by atoms with Crippen molar-refractivity contribution in [2.75, 3.05) is 11.9 Å². The van der Waals surface area contributed by atoms with E-state index in [1.807, 2.05) is 0 Å². The van der Waals surface area contributed by atoms with Gasteiger partial charge in [-0.15, -0.1) is 0 Å². The predicted molar refractivity (Wildman–Crippen MR) is 114 cm³/mol. The minimum Gasteiger partial charge on any atom is -0.411 e. The van der Waals surface area contributed by atoms with Gasteiger partial charge in [0.25, 0.3) is 0 Å². The van der Waals surface area contributed by atoms with Crippen molar-refractivity contribution in [3.63, 3.8) is 0 Å². The monoisotopic (exact) mass is 424 g/mol. The van der Waals surface area contributed by atoms with E-state index in [1.165, 1.54) is 11.0 Å². The van der Waals surface area contributed by atoms with Gasteiger partial charge in [0.15, 0.2) is 5.58 Å². The summed E-state index contributed by atoms with van der Waals surface area (Å²) in [5, 5.41) is 0.550. The van der Waals surface area contributed by atoms with E-state index in [4.69, 9.17) is 20.8 Å². The third-order valence-electron chi connectivity index (χ3n) is 4.83. The van der Waals surface area contributed by atoms with Crippen molar-refractivity contribution in [3.05, 3.63) is 83.1 Å². The van der Waals surface area contributed by atoms with E-state index in [0.717, 1.165) is 5.56 Å². The Kier molecular flexibility index (Phi) is 5.42. The van der Waals surface area contributed by atoms with Gasteiger partial charge in [-0.3, -0.25) is 4.79 Å². The van der Waals surface area contributed by atoms with Crippen LogP contribution in [0.5, 0.6) is 11.8 Å². The number of nitrogens with zero attached hydrogens (tertiary/aromatic N) is 2. The van der Waals surface area contributed by atoms with Crippen molar-refractivity contribution < 1.29 is 18.3 Å². The Morgan fingerprint density at radius 1 is 1.13 bits per heavy atom. The standard InChI is InChI=1S/C23H18ClFN2O3/c1-14(22(28)27(2)20-6-4-3-5-18(20)25)15-7-10-17(11-8-15)29-23-26-19-12-9-16(24)13-21(19)30-23/h3-14H,1-2H3/t14-/m1/s1. The Morgan fingerprint density at radius 3 is 2.60 bits per heavy atom. The molecule has 0 fully saturated rings. The molecule has 1 aromatic heterocycles. The van der Waals surface area contributed by atoms with Crippen LogP contribution in [0.4, 0.5) is 10.1 Å². The molecule has 1 heterocycles. The summed E-state index contributed by atoms with van der Waals surface area (Å²) < 4.78 is 25.2. The molecule has 0 saturated carbocycles. The molecular formula is C23H18ClFN2O3. The lowest BCUT2D eigenvalue weighted by atomic mass is 9.99. The Bertz CT molecular complexity index is 1210. The summed E-state index contributed by atoms with van der Waals surface area (Å²) in [6.07, 6.45) is 0.100. The minimum absolute atomic E-state index is 0.100. The zero-order chi connectivity index (χ0) is 21.3.